The lowest BCUT2D eigenvalue weighted by Crippen LogP contribution is -2.08. The van der Waals surface area contributed by atoms with Crippen LogP contribution in [0.2, 0.25) is 0 Å². The molecule has 0 saturated heterocycles. The fourth-order valence-corrected chi connectivity index (χ4v) is 3.10. The highest BCUT2D eigenvalue weighted by Gasteiger charge is 2.16. The molecule has 4 nitrogen and oxygen atoms in total. The zero-order chi connectivity index (χ0) is 18.0. The topological polar surface area (TPSA) is 52.1 Å². The zero-order valence-electron chi connectivity index (χ0n) is 14.5. The average molecular weight is 352 g/mol. The summed E-state index contributed by atoms with van der Waals surface area (Å²) in [6.45, 7) is 4.06. The summed E-state index contributed by atoms with van der Waals surface area (Å²) in [6, 6.07) is 16.0. The number of nitrogens with zero attached hydrogens (tertiary/aromatic N) is 2. The van der Waals surface area contributed by atoms with Gasteiger partial charge in [0.05, 0.1) is 11.9 Å². The van der Waals surface area contributed by atoms with Crippen LogP contribution in [0.4, 0.5) is 0 Å². The molecule has 0 amide bonds. The van der Waals surface area contributed by atoms with Gasteiger partial charge in [0.25, 0.3) is 0 Å². The van der Waals surface area contributed by atoms with Crippen molar-refractivity contribution in [2.24, 2.45) is 0 Å². The molecule has 0 aliphatic carbocycles. The van der Waals surface area contributed by atoms with Gasteiger partial charge < -0.3 is 4.18 Å². The summed E-state index contributed by atoms with van der Waals surface area (Å²) in [4.78, 5) is 9.17. The van der Waals surface area contributed by atoms with E-state index in [0.29, 0.717) is 5.69 Å². The molecule has 0 aliphatic rings. The summed E-state index contributed by atoms with van der Waals surface area (Å²) in [7, 11) is -2.67. The smallest absolute Gasteiger partial charge is 0.249 e. The van der Waals surface area contributed by atoms with Crippen LogP contribution in [0.3, 0.4) is 0 Å². The SMILES string of the molecule is C=S(C)(=O)Oc1cnc(-c2ccccc2C)c(-c2ccccc2C)n1. The van der Waals surface area contributed by atoms with Crippen molar-refractivity contribution in [2.45, 2.75) is 13.8 Å². The fourth-order valence-electron chi connectivity index (χ4n) is 2.66. The highest BCUT2D eigenvalue weighted by Crippen LogP contribution is 2.33. The van der Waals surface area contributed by atoms with E-state index in [9.17, 15) is 4.21 Å². The van der Waals surface area contributed by atoms with Gasteiger partial charge in [-0.1, -0.05) is 48.5 Å². The molecular formula is C20H20N2O2S. The molecule has 128 valence electrons. The van der Waals surface area contributed by atoms with Gasteiger partial charge in [0.15, 0.2) is 0 Å². The predicted octanol–water partition coefficient (Wildman–Crippen LogP) is 4.07. The van der Waals surface area contributed by atoms with Gasteiger partial charge in [-0.25, -0.2) is 14.2 Å². The maximum Gasteiger partial charge on any atom is 0.249 e. The summed E-state index contributed by atoms with van der Waals surface area (Å²) in [6.07, 6.45) is 2.93. The Balaban J connectivity index is 2.25. The Morgan fingerprint density at radius 3 is 1.96 bits per heavy atom. The molecule has 0 N–H and O–H groups in total. The standard InChI is InChI=1S/C20H20N2O2S/c1-14-9-5-7-11-16(14)19-20(17-12-8-6-10-15(17)2)22-18(13-21-19)24-25(3,4)23/h5-13H,3H2,1-2,4H3. The zero-order valence-corrected chi connectivity index (χ0v) is 15.3. The Labute approximate surface area is 148 Å². The van der Waals surface area contributed by atoms with Gasteiger partial charge in [0.1, 0.15) is 15.5 Å². The molecule has 0 fully saturated rings. The number of hydrogen-bond donors (Lipinski definition) is 0. The summed E-state index contributed by atoms with van der Waals surface area (Å²) in [5.41, 5.74) is 5.63. The second-order valence-electron chi connectivity index (χ2n) is 6.04. The second-order valence-corrected chi connectivity index (χ2v) is 8.06. The van der Waals surface area contributed by atoms with Crippen molar-refractivity contribution in [2.75, 3.05) is 6.26 Å². The normalized spacial score (nSPS) is 13.2. The minimum absolute atomic E-state index is 0.207. The Bertz CT molecular complexity index is 1030. The van der Waals surface area contributed by atoms with Crippen molar-refractivity contribution in [3.05, 3.63) is 65.9 Å². The molecular weight excluding hydrogens is 332 g/mol. The Hall–Kier alpha value is -2.66. The van der Waals surface area contributed by atoms with Crippen molar-refractivity contribution < 1.29 is 8.39 Å². The second kappa shape index (κ2) is 6.69. The van der Waals surface area contributed by atoms with E-state index in [0.717, 1.165) is 27.9 Å². The fraction of sp³-hybridized carbons (Fsp3) is 0.150. The summed E-state index contributed by atoms with van der Waals surface area (Å²) in [5, 5.41) is 0. The highest BCUT2D eigenvalue weighted by atomic mass is 32.2. The Kier molecular flexibility index (Phi) is 4.59. The van der Waals surface area contributed by atoms with Crippen LogP contribution in [0.25, 0.3) is 22.5 Å². The van der Waals surface area contributed by atoms with E-state index >= 15 is 0 Å². The first kappa shape index (κ1) is 17.2. The number of aryl methyl sites for hydroxylation is 2. The molecule has 3 rings (SSSR count). The van der Waals surface area contributed by atoms with Crippen molar-refractivity contribution in [1.82, 2.24) is 9.97 Å². The third-order valence-corrected chi connectivity index (χ3v) is 4.34. The van der Waals surface area contributed by atoms with E-state index in [-0.39, 0.29) is 5.88 Å². The number of aromatic nitrogens is 2. The van der Waals surface area contributed by atoms with E-state index in [1.165, 1.54) is 12.5 Å². The molecule has 0 radical (unpaired) electrons. The van der Waals surface area contributed by atoms with Gasteiger partial charge in [-0.15, -0.1) is 0 Å². The van der Waals surface area contributed by atoms with Crippen LogP contribution in [-0.4, -0.2) is 26.3 Å². The first-order valence-electron chi connectivity index (χ1n) is 7.86. The van der Waals surface area contributed by atoms with Gasteiger partial charge in [0.2, 0.25) is 5.88 Å². The molecule has 5 heteroatoms. The van der Waals surface area contributed by atoms with Crippen molar-refractivity contribution >= 4 is 15.7 Å². The minimum atomic E-state index is -2.67. The average Bonchev–Trinajstić information content (AvgIpc) is 2.55. The van der Waals surface area contributed by atoms with Gasteiger partial charge in [-0.3, -0.25) is 0 Å². The molecule has 0 aliphatic heterocycles. The predicted molar refractivity (Wildman–Crippen MR) is 104 cm³/mol. The Morgan fingerprint density at radius 2 is 1.44 bits per heavy atom. The summed E-state index contributed by atoms with van der Waals surface area (Å²) in [5.74, 6) is 3.72. The van der Waals surface area contributed by atoms with Crippen LogP contribution in [0, 0.1) is 13.8 Å². The first-order valence-corrected chi connectivity index (χ1v) is 9.92. The molecule has 0 spiro atoms. The largest absolute Gasteiger partial charge is 0.387 e. The monoisotopic (exact) mass is 352 g/mol. The molecule has 1 atom stereocenters. The van der Waals surface area contributed by atoms with E-state index < -0.39 is 9.80 Å². The molecule has 25 heavy (non-hydrogen) atoms. The molecule has 0 bridgehead atoms. The van der Waals surface area contributed by atoms with Gasteiger partial charge >= 0.3 is 0 Å². The number of rotatable bonds is 4. The first-order chi connectivity index (χ1) is 11.8. The third-order valence-electron chi connectivity index (χ3n) is 3.81. The van der Waals surface area contributed by atoms with E-state index in [1.807, 2.05) is 62.4 Å². The van der Waals surface area contributed by atoms with E-state index in [1.54, 1.807) is 0 Å². The van der Waals surface area contributed by atoms with Crippen LogP contribution in [0.5, 0.6) is 5.88 Å². The summed E-state index contributed by atoms with van der Waals surface area (Å²) >= 11 is 0. The molecule has 0 saturated carbocycles. The quantitative estimate of drug-likeness (QED) is 0.664. The number of hydrogen-bond acceptors (Lipinski definition) is 4. The molecule has 2 aromatic carbocycles. The van der Waals surface area contributed by atoms with Crippen LogP contribution in [-0.2, 0) is 9.80 Å². The number of benzene rings is 2. The lowest BCUT2D eigenvalue weighted by Gasteiger charge is -2.14. The lowest BCUT2D eigenvalue weighted by molar-refractivity contribution is 0.546. The maximum absolute atomic E-state index is 11.9. The van der Waals surface area contributed by atoms with Gasteiger partial charge in [0, 0.05) is 17.4 Å². The van der Waals surface area contributed by atoms with Gasteiger partial charge in [-0.2, -0.15) is 0 Å². The van der Waals surface area contributed by atoms with Gasteiger partial charge in [-0.05, 0) is 30.8 Å². The third kappa shape index (κ3) is 3.88. The van der Waals surface area contributed by atoms with Crippen LogP contribution >= 0.6 is 0 Å². The Morgan fingerprint density at radius 1 is 0.920 bits per heavy atom. The molecule has 3 aromatic rings. The van der Waals surface area contributed by atoms with Crippen LogP contribution in [0.15, 0.2) is 54.7 Å². The van der Waals surface area contributed by atoms with E-state index in [4.69, 9.17) is 4.18 Å². The lowest BCUT2D eigenvalue weighted by atomic mass is 9.98. The molecule has 1 unspecified atom stereocenters. The van der Waals surface area contributed by atoms with Crippen LogP contribution in [0.1, 0.15) is 11.1 Å². The minimum Gasteiger partial charge on any atom is -0.387 e. The van der Waals surface area contributed by atoms with E-state index in [2.05, 4.69) is 15.8 Å². The molecule has 1 heterocycles. The molecule has 1 aromatic heterocycles. The van der Waals surface area contributed by atoms with Crippen LogP contribution < -0.4 is 4.18 Å². The van der Waals surface area contributed by atoms with Crippen molar-refractivity contribution in [3.8, 4) is 28.4 Å². The van der Waals surface area contributed by atoms with Crippen molar-refractivity contribution in [1.29, 1.82) is 0 Å². The maximum atomic E-state index is 11.9. The van der Waals surface area contributed by atoms with Crippen molar-refractivity contribution in [3.63, 3.8) is 0 Å². The summed E-state index contributed by atoms with van der Waals surface area (Å²) < 4.78 is 17.2. The highest BCUT2D eigenvalue weighted by molar-refractivity contribution is 7.95.